The molecule has 0 radical (unpaired) electrons. The van der Waals surface area contributed by atoms with Gasteiger partial charge in [-0.05, 0) is 35.5 Å². The van der Waals surface area contributed by atoms with Crippen molar-refractivity contribution in [3.05, 3.63) is 48.6 Å². The zero-order chi connectivity index (χ0) is 24.7. The molecule has 0 amide bonds. The third-order valence-corrected chi connectivity index (χ3v) is 10.1. The summed E-state index contributed by atoms with van der Waals surface area (Å²) in [5.74, 6) is 0. The van der Waals surface area contributed by atoms with Gasteiger partial charge in [0.05, 0.1) is 0 Å². The van der Waals surface area contributed by atoms with Crippen LogP contribution in [0.15, 0.2) is 48.6 Å². The van der Waals surface area contributed by atoms with Gasteiger partial charge >= 0.3 is 20.4 Å². The van der Waals surface area contributed by atoms with Crippen LogP contribution in [-0.4, -0.2) is 10.3 Å². The summed E-state index contributed by atoms with van der Waals surface area (Å²) in [7, 11) is 6.11. The molecular weight excluding hydrogens is 576 g/mol. The topological polar surface area (TPSA) is 0 Å². The molecule has 0 rings (SSSR count). The van der Waals surface area contributed by atoms with Crippen molar-refractivity contribution in [2.75, 3.05) is 0 Å². The van der Waals surface area contributed by atoms with E-state index in [0.717, 1.165) is 0 Å². The summed E-state index contributed by atoms with van der Waals surface area (Å²) in [5, 5.41) is 0.221. The third kappa shape index (κ3) is 13.3. The Hall–Kier alpha value is 1.06. The molecule has 0 aliphatic carbocycles. The Balaban J connectivity index is -0.000000145. The molecule has 0 bridgehead atoms. The molecule has 0 N–H and O–H groups in total. The molecule has 200 valence electrons. The fraction of sp³-hybridized carbons (Fsp3) is 0.714. The van der Waals surface area contributed by atoms with Crippen LogP contribution in [0.5, 0.6) is 0 Å². The van der Waals surface area contributed by atoms with Crippen LogP contribution in [0, 0.1) is 21.7 Å². The minimum Gasteiger partial charge on any atom is -1.00 e. The number of hydrogen-bond acceptors (Lipinski definition) is 0. The van der Waals surface area contributed by atoms with Crippen molar-refractivity contribution in [3.8, 4) is 0 Å². The van der Waals surface area contributed by atoms with Gasteiger partial charge in [-0.15, -0.1) is 18.5 Å². The van der Waals surface area contributed by atoms with Crippen molar-refractivity contribution in [2.45, 2.75) is 107 Å². The van der Waals surface area contributed by atoms with Crippen molar-refractivity contribution in [1.82, 2.24) is 0 Å². The predicted octanol–water partition coefficient (Wildman–Crippen LogP) is 3.66. The summed E-state index contributed by atoms with van der Waals surface area (Å²) >= 11 is 0. The van der Waals surface area contributed by atoms with Crippen LogP contribution in [0.4, 0.5) is 0 Å². The maximum absolute atomic E-state index is 3.06. The second-order valence-electron chi connectivity index (χ2n) is 12.5. The van der Waals surface area contributed by atoms with Gasteiger partial charge in [-0.3, -0.25) is 0 Å². The summed E-state index contributed by atoms with van der Waals surface area (Å²) in [6, 6.07) is 0. The van der Waals surface area contributed by atoms with Crippen LogP contribution in [-0.2, 0) is 20.4 Å². The second kappa shape index (κ2) is 16.7. The smallest absolute Gasteiger partial charge is 1.00 e. The van der Waals surface area contributed by atoms with E-state index in [1.165, 1.54) is 0 Å². The van der Waals surface area contributed by atoms with Crippen LogP contribution in [0.2, 0.25) is 0 Å². The van der Waals surface area contributed by atoms with E-state index < -0.39 is 0 Å². The molecule has 0 saturated heterocycles. The first-order valence-electron chi connectivity index (χ1n) is 11.3. The maximum atomic E-state index is 3.06. The Labute approximate surface area is 240 Å². The summed E-state index contributed by atoms with van der Waals surface area (Å²) in [5.41, 5.74) is 0.921. The van der Waals surface area contributed by atoms with Gasteiger partial charge in [0.1, 0.15) is 0 Å². The first kappa shape index (κ1) is 44.1. The van der Waals surface area contributed by atoms with Gasteiger partial charge in [0.2, 0.25) is 0 Å². The Morgan fingerprint density at radius 3 is 0.727 bits per heavy atom. The Morgan fingerprint density at radius 1 is 0.424 bits per heavy atom. The molecule has 0 heterocycles. The Morgan fingerprint density at radius 2 is 0.606 bits per heavy atom. The molecule has 0 aliphatic heterocycles. The fourth-order valence-electron chi connectivity index (χ4n) is 3.89. The average molecular weight is 630 g/mol. The number of rotatable bonds is 4. The van der Waals surface area contributed by atoms with E-state index in [1.807, 2.05) is 13.8 Å². The summed E-state index contributed by atoms with van der Waals surface area (Å²) in [4.78, 5) is 0. The first-order chi connectivity index (χ1) is 13.1. The van der Waals surface area contributed by atoms with Crippen molar-refractivity contribution in [2.24, 2.45) is 21.7 Å². The summed E-state index contributed by atoms with van der Waals surface area (Å²) < 4.78 is 0. The van der Waals surface area contributed by atoms with Crippen molar-refractivity contribution >= 4 is 18.5 Å². The number of hydrogen-bond donors (Lipinski definition) is 0. The van der Waals surface area contributed by atoms with Crippen molar-refractivity contribution < 1.29 is 45.2 Å². The van der Waals surface area contributed by atoms with E-state index in [4.69, 9.17) is 0 Å². The van der Waals surface area contributed by atoms with Crippen LogP contribution in [0.1, 0.15) is 96.9 Å². The number of halogens is 2. The molecule has 2 atom stereocenters. The molecule has 0 aromatic rings. The van der Waals surface area contributed by atoms with Crippen LogP contribution in [0.25, 0.3) is 0 Å². The largest absolute Gasteiger partial charge is 2.00 e. The second-order valence-corrected chi connectivity index (χ2v) is 14.3. The van der Waals surface area contributed by atoms with Gasteiger partial charge in [0, 0.05) is 10.3 Å². The third-order valence-electron chi connectivity index (χ3n) is 6.29. The van der Waals surface area contributed by atoms with Gasteiger partial charge in [-0.1, -0.05) is 132 Å². The molecule has 0 fully saturated rings. The molecule has 0 saturated carbocycles. The van der Waals surface area contributed by atoms with E-state index in [1.54, 1.807) is 0 Å². The van der Waals surface area contributed by atoms with Gasteiger partial charge < -0.3 is 24.8 Å². The quantitative estimate of drug-likeness (QED) is 0.253. The van der Waals surface area contributed by atoms with Crippen LogP contribution < -0.4 is 24.8 Å². The summed E-state index contributed by atoms with van der Waals surface area (Å²) in [6.45, 7) is 31.7. The van der Waals surface area contributed by atoms with Gasteiger partial charge in [-0.25, -0.2) is 0 Å². The molecule has 2 unspecified atom stereocenters. The van der Waals surface area contributed by atoms with Gasteiger partial charge in [0.25, 0.3) is 0 Å². The zero-order valence-corrected chi connectivity index (χ0v) is 29.2. The monoisotopic (exact) mass is 628 g/mol. The van der Waals surface area contributed by atoms with Crippen molar-refractivity contribution in [3.63, 3.8) is 0 Å². The Bertz CT molecular complexity index is 536. The van der Waals surface area contributed by atoms with Crippen LogP contribution >= 0.6 is 18.5 Å². The average Bonchev–Trinajstić information content (AvgIpc) is 2.51. The van der Waals surface area contributed by atoms with E-state index >= 15 is 0 Å². The normalized spacial score (nSPS) is 14.1. The Kier molecular flexibility index (Phi) is 22.4. The minimum absolute atomic E-state index is 0. The molecule has 0 nitrogen and oxygen atoms in total. The molecule has 0 aromatic heterocycles. The minimum atomic E-state index is 0. The predicted molar refractivity (Wildman–Crippen MR) is 151 cm³/mol. The van der Waals surface area contributed by atoms with E-state index in [-0.39, 0.29) is 77.2 Å². The molecule has 0 aliphatic rings. The summed E-state index contributed by atoms with van der Waals surface area (Å²) in [6.07, 6.45) is 17.3. The number of allylic oxidation sites excluding steroid dienone is 8. The first-order valence-corrected chi connectivity index (χ1v) is 12.5. The van der Waals surface area contributed by atoms with E-state index in [0.29, 0.717) is 0 Å². The van der Waals surface area contributed by atoms with Gasteiger partial charge in [0.15, 0.2) is 0 Å². The van der Waals surface area contributed by atoms with E-state index in [9.17, 15) is 0 Å². The fourth-order valence-corrected chi connectivity index (χ4v) is 4.11. The molecule has 0 spiro atoms. The SMILES string of the molecule is CC=CC=CC(P)(C(C)(C)C)C(C)(C)C.CC=CC=CC(P)(C(C)(C)C)C(C)(C)C.[Cl-].[Cl-].[Pd+2]. The van der Waals surface area contributed by atoms with E-state index in [2.05, 4.69) is 150 Å². The molecule has 0 aromatic carbocycles. The molecule has 33 heavy (non-hydrogen) atoms. The maximum Gasteiger partial charge on any atom is 2.00 e. The van der Waals surface area contributed by atoms with Crippen molar-refractivity contribution in [1.29, 1.82) is 0 Å². The zero-order valence-electron chi connectivity index (χ0n) is 23.8. The van der Waals surface area contributed by atoms with Crippen LogP contribution in [0.3, 0.4) is 0 Å². The van der Waals surface area contributed by atoms with Gasteiger partial charge in [-0.2, -0.15) is 0 Å². The molecule has 5 heteroatoms. The molecular formula is C28H54Cl2P2Pd. The standard InChI is InChI=1S/2C14H27P.2ClH.Pd/c2*1-8-9-10-11-14(15,12(2,3)4)13(5,6)7;;;/h2*8-11H,15H2,1-7H3;2*1H;/q;;;;+2/p-2.